The molecule has 4 aromatic carbocycles. The minimum Gasteiger partial charge on any atom is -1.00 e. The van der Waals surface area contributed by atoms with Crippen molar-refractivity contribution in [1.29, 1.82) is 0 Å². The van der Waals surface area contributed by atoms with Gasteiger partial charge < -0.3 is 24.8 Å². The van der Waals surface area contributed by atoms with Crippen molar-refractivity contribution in [3.8, 4) is 22.3 Å². The van der Waals surface area contributed by atoms with Gasteiger partial charge in [0.15, 0.2) is 0 Å². The van der Waals surface area contributed by atoms with Gasteiger partial charge in [0.25, 0.3) is 0 Å². The van der Waals surface area contributed by atoms with Crippen LogP contribution in [0.4, 0.5) is 0 Å². The molecule has 3 heteroatoms. The number of hydrogen-bond donors (Lipinski definition) is 0. The summed E-state index contributed by atoms with van der Waals surface area (Å²) >= 11 is -2.45. The van der Waals surface area contributed by atoms with E-state index in [2.05, 4.69) is 109 Å². The first-order chi connectivity index (χ1) is 21.3. The summed E-state index contributed by atoms with van der Waals surface area (Å²) in [5.41, 5.74) is 16.0. The van der Waals surface area contributed by atoms with Crippen LogP contribution in [-0.4, -0.2) is 0 Å². The van der Waals surface area contributed by atoms with E-state index in [1.54, 1.807) is 22.3 Å². The zero-order chi connectivity index (χ0) is 28.4. The molecule has 2 unspecified atom stereocenters. The third-order valence-electron chi connectivity index (χ3n) is 12.0. The van der Waals surface area contributed by atoms with Gasteiger partial charge in [-0.05, 0) is 0 Å². The van der Waals surface area contributed by atoms with Crippen LogP contribution < -0.4 is 24.8 Å². The Bertz CT molecular complexity index is 1610. The van der Waals surface area contributed by atoms with Crippen molar-refractivity contribution >= 4 is 12.2 Å². The van der Waals surface area contributed by atoms with Gasteiger partial charge in [-0.15, -0.1) is 0 Å². The van der Waals surface area contributed by atoms with Crippen LogP contribution in [0.5, 0.6) is 0 Å². The maximum Gasteiger partial charge on any atom is -1.00 e. The van der Waals surface area contributed by atoms with E-state index in [0.29, 0.717) is 0 Å². The summed E-state index contributed by atoms with van der Waals surface area (Å²) in [7, 11) is 0. The molecule has 228 valence electrons. The molecule has 4 aliphatic carbocycles. The molecule has 0 spiro atoms. The van der Waals surface area contributed by atoms with Crippen molar-refractivity contribution < 1.29 is 41.4 Å². The fourth-order valence-corrected chi connectivity index (χ4v) is 20.4. The average Bonchev–Trinajstić information content (AvgIpc) is 3.59. The summed E-state index contributed by atoms with van der Waals surface area (Å²) < 4.78 is 4.52. The molecule has 0 amide bonds. The third-order valence-corrected chi connectivity index (χ3v) is 20.2. The van der Waals surface area contributed by atoms with E-state index in [0.717, 1.165) is 20.3 Å². The average molecular weight is 666 g/mol. The van der Waals surface area contributed by atoms with E-state index in [1.807, 2.05) is 11.1 Å². The molecule has 4 aromatic rings. The van der Waals surface area contributed by atoms with Crippen molar-refractivity contribution in [3.05, 3.63) is 130 Å². The van der Waals surface area contributed by atoms with E-state index < -0.39 is 16.6 Å². The summed E-state index contributed by atoms with van der Waals surface area (Å²) in [6.45, 7) is 0. The van der Waals surface area contributed by atoms with Gasteiger partial charge >= 0.3 is 263 Å². The molecular formula is C42H42Cl2Ti. The van der Waals surface area contributed by atoms with E-state index >= 15 is 0 Å². The Morgan fingerprint density at radius 3 is 1.22 bits per heavy atom. The zero-order valence-corrected chi connectivity index (χ0v) is 29.1. The quantitative estimate of drug-likeness (QED) is 0.222. The second-order valence-corrected chi connectivity index (χ2v) is 21.4. The molecule has 1 saturated heterocycles. The van der Waals surface area contributed by atoms with Crippen LogP contribution in [0.2, 0.25) is 9.45 Å². The number of fused-ring (bicyclic) bond motifs is 2. The van der Waals surface area contributed by atoms with Gasteiger partial charge in [0.2, 0.25) is 0 Å². The Labute approximate surface area is 285 Å². The third kappa shape index (κ3) is 5.16. The van der Waals surface area contributed by atoms with Crippen molar-refractivity contribution in [2.24, 2.45) is 11.8 Å². The summed E-state index contributed by atoms with van der Waals surface area (Å²) in [6, 6.07) is 37.1. The molecule has 0 nitrogen and oxygen atoms in total. The molecule has 1 aliphatic heterocycles. The Morgan fingerprint density at radius 1 is 0.444 bits per heavy atom. The number of allylic oxidation sites excluding steroid dienone is 2. The first kappa shape index (κ1) is 31.3. The minimum atomic E-state index is -2.45. The molecule has 5 aliphatic rings. The molecule has 45 heavy (non-hydrogen) atoms. The summed E-state index contributed by atoms with van der Waals surface area (Å²) in [6.07, 6.45) is 16.8. The predicted octanol–water partition coefficient (Wildman–Crippen LogP) is 5.99. The van der Waals surface area contributed by atoms with Crippen LogP contribution in [0.25, 0.3) is 34.4 Å². The van der Waals surface area contributed by atoms with Crippen LogP contribution in [0, 0.1) is 11.8 Å². The fourth-order valence-electron chi connectivity index (χ4n) is 9.99. The van der Waals surface area contributed by atoms with Gasteiger partial charge in [-0.3, -0.25) is 0 Å². The normalized spacial score (nSPS) is 22.3. The van der Waals surface area contributed by atoms with E-state index in [1.165, 1.54) is 83.1 Å². The number of benzene rings is 4. The van der Waals surface area contributed by atoms with Gasteiger partial charge in [-0.25, -0.2) is 0 Å². The number of hydrogen-bond acceptors (Lipinski definition) is 0. The van der Waals surface area contributed by atoms with Gasteiger partial charge in [0.1, 0.15) is 0 Å². The second-order valence-electron chi connectivity index (χ2n) is 14.2. The Morgan fingerprint density at radius 2 is 0.844 bits per heavy atom. The van der Waals surface area contributed by atoms with Crippen molar-refractivity contribution in [3.63, 3.8) is 0 Å². The molecule has 0 radical (unpaired) electrons. The standard InChI is InChI=1S/2C20H19.C2H4.2ClH.Ti/c2*1-2-9-16(10-3-1)19-12-6-11-17-13-18(14-20(17)19)15-7-4-5-8-15;1-2;;;/h2*1-3,6,9-15H,4-5,7-8H2;1-2H2;2*1H;/q;;;;;+2/p-2. The van der Waals surface area contributed by atoms with Crippen LogP contribution in [-0.2, 0) is 16.6 Å². The van der Waals surface area contributed by atoms with Crippen LogP contribution in [0.3, 0.4) is 0 Å². The smallest absolute Gasteiger partial charge is 1.00 e. The molecule has 1 heterocycles. The van der Waals surface area contributed by atoms with Gasteiger partial charge in [-0.2, -0.15) is 0 Å². The topological polar surface area (TPSA) is 0 Å². The molecular weight excluding hydrogens is 623 g/mol. The van der Waals surface area contributed by atoms with Gasteiger partial charge in [0.05, 0.1) is 0 Å². The SMILES string of the molecule is C1=C(C2CCCC2)[CH]([Ti+2]2([CH]3C(C4CCCC4)=Cc4c(-c5ccccc5)cccc43)[CH2][CH2]2)c2cccc(-c3ccccc3)c21.[Cl-].[Cl-]. The Balaban J connectivity index is 0.00000163. The van der Waals surface area contributed by atoms with E-state index in [4.69, 9.17) is 0 Å². The first-order valence-corrected chi connectivity index (χ1v) is 21.1. The summed E-state index contributed by atoms with van der Waals surface area (Å²) in [5, 5.41) is 0. The van der Waals surface area contributed by atoms with Crippen molar-refractivity contribution in [2.75, 3.05) is 0 Å². The number of halogens is 2. The Kier molecular flexibility index (Phi) is 8.82. The molecule has 0 bridgehead atoms. The predicted molar refractivity (Wildman–Crippen MR) is 179 cm³/mol. The van der Waals surface area contributed by atoms with Crippen LogP contribution in [0.15, 0.2) is 108 Å². The monoisotopic (exact) mass is 664 g/mol. The molecule has 3 fully saturated rings. The molecule has 0 aromatic heterocycles. The zero-order valence-electron chi connectivity index (χ0n) is 26.0. The maximum absolute atomic E-state index is 2.75. The minimum absolute atomic E-state index is 0. The number of rotatable bonds is 6. The van der Waals surface area contributed by atoms with Crippen molar-refractivity contribution in [1.82, 2.24) is 0 Å². The molecule has 2 saturated carbocycles. The van der Waals surface area contributed by atoms with E-state index in [9.17, 15) is 0 Å². The van der Waals surface area contributed by atoms with Crippen LogP contribution >= 0.6 is 0 Å². The first-order valence-electron chi connectivity index (χ1n) is 17.1. The molecule has 9 rings (SSSR count). The van der Waals surface area contributed by atoms with Crippen molar-refractivity contribution in [2.45, 2.75) is 69.3 Å². The molecule has 0 N–H and O–H groups in total. The van der Waals surface area contributed by atoms with Gasteiger partial charge in [0, 0.05) is 0 Å². The van der Waals surface area contributed by atoms with Gasteiger partial charge in [-0.1, -0.05) is 0 Å². The second kappa shape index (κ2) is 12.7. The molecule has 2 atom stereocenters. The largest absolute Gasteiger partial charge is 1.00 e. The van der Waals surface area contributed by atoms with E-state index in [-0.39, 0.29) is 24.8 Å². The fraction of sp³-hybridized carbons (Fsp3) is 0.333. The summed E-state index contributed by atoms with van der Waals surface area (Å²) in [5.74, 6) is 1.58. The maximum atomic E-state index is 2.75. The van der Waals surface area contributed by atoms with Crippen LogP contribution in [0.1, 0.15) is 82.1 Å². The Hall–Kier alpha value is -2.35. The summed E-state index contributed by atoms with van der Waals surface area (Å²) in [4.78, 5) is 0.